The maximum Gasteiger partial charge on any atom is 0.215 e. The number of aromatic nitrogens is 3. The summed E-state index contributed by atoms with van der Waals surface area (Å²) in [4.78, 5) is 11.7. The maximum atomic E-state index is 13.4. The van der Waals surface area contributed by atoms with Gasteiger partial charge in [0.1, 0.15) is 11.6 Å². The van der Waals surface area contributed by atoms with Crippen LogP contribution in [0.15, 0.2) is 30.3 Å². The molecule has 0 aliphatic heterocycles. The number of hydrogen-bond donors (Lipinski definition) is 1. The first-order valence-corrected chi connectivity index (χ1v) is 5.84. The Kier molecular flexibility index (Phi) is 2.67. The van der Waals surface area contributed by atoms with Gasteiger partial charge in [0.05, 0.1) is 12.6 Å². The lowest BCUT2D eigenvalue weighted by Crippen LogP contribution is -1.87. The molecule has 1 N–H and O–H groups in total. The predicted octanol–water partition coefficient (Wildman–Crippen LogP) is 3.08. The second-order valence-electron chi connectivity index (χ2n) is 4.33. The van der Waals surface area contributed by atoms with Gasteiger partial charge in [-0.05, 0) is 36.8 Å². The lowest BCUT2D eigenvalue weighted by Gasteiger charge is -1.99. The van der Waals surface area contributed by atoms with Crippen LogP contribution in [0.2, 0.25) is 0 Å². The van der Waals surface area contributed by atoms with E-state index in [0.717, 1.165) is 11.1 Å². The zero-order chi connectivity index (χ0) is 13.4. The molecule has 0 bridgehead atoms. The molecule has 3 rings (SSSR count). The number of aromatic amines is 1. The van der Waals surface area contributed by atoms with Crippen molar-refractivity contribution in [1.29, 1.82) is 0 Å². The third-order valence-corrected chi connectivity index (χ3v) is 2.85. The van der Waals surface area contributed by atoms with Gasteiger partial charge in [-0.1, -0.05) is 0 Å². The van der Waals surface area contributed by atoms with Crippen LogP contribution in [-0.2, 0) is 0 Å². The number of halogens is 1. The summed E-state index contributed by atoms with van der Waals surface area (Å²) in [5.74, 6) is 0.820. The van der Waals surface area contributed by atoms with Gasteiger partial charge in [-0.25, -0.2) is 9.37 Å². The molecule has 2 heterocycles. The Hall–Kier alpha value is -2.43. The number of hydrogen-bond acceptors (Lipinski definition) is 3. The highest BCUT2D eigenvalue weighted by Gasteiger charge is 2.08. The first-order valence-electron chi connectivity index (χ1n) is 5.84. The van der Waals surface area contributed by atoms with Crippen LogP contribution >= 0.6 is 0 Å². The molecule has 0 spiro atoms. The minimum absolute atomic E-state index is 0.277. The molecule has 0 unspecified atom stereocenters. The predicted molar refractivity (Wildman–Crippen MR) is 70.6 cm³/mol. The van der Waals surface area contributed by atoms with Gasteiger partial charge in [-0.15, -0.1) is 0 Å². The monoisotopic (exact) mass is 257 g/mol. The van der Waals surface area contributed by atoms with Crippen molar-refractivity contribution < 1.29 is 9.13 Å². The highest BCUT2D eigenvalue weighted by atomic mass is 19.1. The number of nitrogens with zero attached hydrogens (tertiary/aromatic N) is 2. The fourth-order valence-corrected chi connectivity index (χ4v) is 2.00. The van der Waals surface area contributed by atoms with Gasteiger partial charge in [0.15, 0.2) is 5.65 Å². The average Bonchev–Trinajstić information content (AvgIpc) is 2.80. The Bertz CT molecular complexity index is 731. The van der Waals surface area contributed by atoms with E-state index in [4.69, 9.17) is 4.74 Å². The number of rotatable bonds is 2. The van der Waals surface area contributed by atoms with Gasteiger partial charge in [0.2, 0.25) is 5.88 Å². The van der Waals surface area contributed by atoms with Gasteiger partial charge in [-0.2, -0.15) is 4.98 Å². The summed E-state index contributed by atoms with van der Waals surface area (Å²) in [7, 11) is 1.55. The second-order valence-corrected chi connectivity index (χ2v) is 4.33. The van der Waals surface area contributed by atoms with Gasteiger partial charge in [0, 0.05) is 11.6 Å². The molecular formula is C14H12FN3O. The number of H-pyrrole nitrogens is 1. The molecule has 0 saturated heterocycles. The molecule has 2 aromatic heterocycles. The first-order chi connectivity index (χ1) is 9.15. The number of ether oxygens (including phenoxy) is 1. The highest BCUT2D eigenvalue weighted by molar-refractivity contribution is 5.76. The van der Waals surface area contributed by atoms with Gasteiger partial charge in [0.25, 0.3) is 0 Å². The molecule has 0 amide bonds. The van der Waals surface area contributed by atoms with E-state index in [-0.39, 0.29) is 5.82 Å². The number of pyridine rings is 1. The quantitative estimate of drug-likeness (QED) is 0.767. The smallest absolute Gasteiger partial charge is 0.215 e. The summed E-state index contributed by atoms with van der Waals surface area (Å²) in [6, 6.07) is 8.39. The molecule has 0 atom stereocenters. The van der Waals surface area contributed by atoms with Crippen LogP contribution < -0.4 is 4.74 Å². The number of benzene rings is 1. The summed E-state index contributed by atoms with van der Waals surface area (Å²) in [5, 5.41) is 0. The molecule has 5 heteroatoms. The Morgan fingerprint density at radius 2 is 2.00 bits per heavy atom. The van der Waals surface area contributed by atoms with Crippen LogP contribution in [0.4, 0.5) is 4.39 Å². The molecule has 0 fully saturated rings. The van der Waals surface area contributed by atoms with E-state index in [9.17, 15) is 4.39 Å². The molecule has 0 aliphatic carbocycles. The summed E-state index contributed by atoms with van der Waals surface area (Å²) in [5.41, 5.74) is 2.89. The number of imidazole rings is 1. The van der Waals surface area contributed by atoms with E-state index >= 15 is 0 Å². The molecule has 4 nitrogen and oxygen atoms in total. The van der Waals surface area contributed by atoms with Crippen molar-refractivity contribution >= 4 is 11.2 Å². The summed E-state index contributed by atoms with van der Waals surface area (Å²) in [6.07, 6.45) is 0. The normalized spacial score (nSPS) is 10.9. The topological polar surface area (TPSA) is 50.8 Å². The number of fused-ring (bicyclic) bond motifs is 1. The van der Waals surface area contributed by atoms with Crippen molar-refractivity contribution in [3.8, 4) is 17.3 Å². The average molecular weight is 257 g/mol. The molecule has 19 heavy (non-hydrogen) atoms. The Balaban J connectivity index is 2.14. The second kappa shape index (κ2) is 4.35. The molecule has 3 aromatic rings. The van der Waals surface area contributed by atoms with Crippen LogP contribution in [0.3, 0.4) is 0 Å². The van der Waals surface area contributed by atoms with Crippen molar-refractivity contribution in [3.63, 3.8) is 0 Å². The molecule has 96 valence electrons. The summed E-state index contributed by atoms with van der Waals surface area (Å²) in [6.45, 7) is 1.84. The van der Waals surface area contributed by atoms with Gasteiger partial charge >= 0.3 is 0 Å². The minimum atomic E-state index is -0.277. The summed E-state index contributed by atoms with van der Waals surface area (Å²) >= 11 is 0. The standard InChI is InChI=1S/C14H12FN3O/c1-8-5-9(7-10(15)6-8)13-16-11-3-4-12(19-2)17-14(11)18-13/h3-7H,1-2H3,(H,16,17,18). The number of aryl methyl sites for hydroxylation is 1. The molecule has 0 saturated carbocycles. The van der Waals surface area contributed by atoms with Crippen LogP contribution in [-0.4, -0.2) is 22.1 Å². The number of methoxy groups -OCH3 is 1. The fourth-order valence-electron chi connectivity index (χ4n) is 2.00. The summed E-state index contributed by atoms with van der Waals surface area (Å²) < 4.78 is 18.5. The van der Waals surface area contributed by atoms with E-state index in [0.29, 0.717) is 22.9 Å². The molecular weight excluding hydrogens is 245 g/mol. The zero-order valence-electron chi connectivity index (χ0n) is 10.6. The number of nitrogens with one attached hydrogen (secondary N) is 1. The van der Waals surface area contributed by atoms with Gasteiger partial charge in [-0.3, -0.25) is 0 Å². The molecule has 0 radical (unpaired) electrons. The van der Waals surface area contributed by atoms with Crippen molar-refractivity contribution in [2.75, 3.05) is 7.11 Å². The zero-order valence-corrected chi connectivity index (χ0v) is 10.6. The van der Waals surface area contributed by atoms with Crippen LogP contribution in [0, 0.1) is 12.7 Å². The van der Waals surface area contributed by atoms with Crippen LogP contribution in [0.5, 0.6) is 5.88 Å². The lowest BCUT2D eigenvalue weighted by atomic mass is 10.1. The van der Waals surface area contributed by atoms with Crippen molar-refractivity contribution in [2.45, 2.75) is 6.92 Å². The first kappa shape index (κ1) is 11.6. The molecule has 0 aliphatic rings. The minimum Gasteiger partial charge on any atom is -0.481 e. The SMILES string of the molecule is COc1ccc2[nH]c(-c3cc(C)cc(F)c3)nc2n1. The van der Waals surface area contributed by atoms with Crippen molar-refractivity contribution in [3.05, 3.63) is 41.7 Å². The Morgan fingerprint density at radius 3 is 2.74 bits per heavy atom. The fraction of sp³-hybridized carbons (Fsp3) is 0.143. The van der Waals surface area contributed by atoms with E-state index in [2.05, 4.69) is 15.0 Å². The third-order valence-electron chi connectivity index (χ3n) is 2.85. The van der Waals surface area contributed by atoms with Gasteiger partial charge < -0.3 is 9.72 Å². The van der Waals surface area contributed by atoms with E-state index in [1.165, 1.54) is 12.1 Å². The van der Waals surface area contributed by atoms with Crippen LogP contribution in [0.1, 0.15) is 5.56 Å². The lowest BCUT2D eigenvalue weighted by molar-refractivity contribution is 0.399. The third kappa shape index (κ3) is 2.14. The molecule has 1 aromatic carbocycles. The van der Waals surface area contributed by atoms with E-state index in [1.807, 2.05) is 19.1 Å². The Morgan fingerprint density at radius 1 is 1.16 bits per heavy atom. The van der Waals surface area contributed by atoms with Crippen molar-refractivity contribution in [2.24, 2.45) is 0 Å². The Labute approximate surface area is 109 Å². The van der Waals surface area contributed by atoms with Crippen LogP contribution in [0.25, 0.3) is 22.6 Å². The van der Waals surface area contributed by atoms with E-state index in [1.54, 1.807) is 13.2 Å². The van der Waals surface area contributed by atoms with E-state index < -0.39 is 0 Å². The maximum absolute atomic E-state index is 13.4. The van der Waals surface area contributed by atoms with Crippen molar-refractivity contribution in [1.82, 2.24) is 15.0 Å². The largest absolute Gasteiger partial charge is 0.481 e. The highest BCUT2D eigenvalue weighted by Crippen LogP contribution is 2.22.